The van der Waals surface area contributed by atoms with Crippen molar-refractivity contribution in [3.8, 4) is 0 Å². The molecule has 1 aromatic rings. The SMILES string of the molecule is CCC(C(=O)NCc1ccc(C)s1)/C(N)=N/O. The highest BCUT2D eigenvalue weighted by atomic mass is 32.1. The van der Waals surface area contributed by atoms with E-state index in [1.54, 1.807) is 11.3 Å². The first-order valence-electron chi connectivity index (χ1n) is 5.39. The predicted octanol–water partition coefficient (Wildman–Crippen LogP) is 1.45. The van der Waals surface area contributed by atoms with Crippen molar-refractivity contribution in [3.63, 3.8) is 0 Å². The molecule has 1 heterocycles. The highest BCUT2D eigenvalue weighted by Gasteiger charge is 2.20. The van der Waals surface area contributed by atoms with Crippen LogP contribution in [-0.2, 0) is 11.3 Å². The average molecular weight is 255 g/mol. The summed E-state index contributed by atoms with van der Waals surface area (Å²) in [5.74, 6) is -0.831. The van der Waals surface area contributed by atoms with Crippen LogP contribution < -0.4 is 11.1 Å². The van der Waals surface area contributed by atoms with Crippen molar-refractivity contribution in [2.24, 2.45) is 16.8 Å². The summed E-state index contributed by atoms with van der Waals surface area (Å²) in [6.45, 7) is 4.31. The van der Waals surface area contributed by atoms with Crippen LogP contribution in [0.3, 0.4) is 0 Å². The summed E-state index contributed by atoms with van der Waals surface area (Å²) in [5, 5.41) is 14.2. The van der Waals surface area contributed by atoms with Gasteiger partial charge in [-0.15, -0.1) is 11.3 Å². The van der Waals surface area contributed by atoms with E-state index in [1.807, 2.05) is 26.0 Å². The predicted molar refractivity (Wildman–Crippen MR) is 68.1 cm³/mol. The molecular formula is C11H17N3O2S. The number of oxime groups is 1. The van der Waals surface area contributed by atoms with E-state index >= 15 is 0 Å². The maximum Gasteiger partial charge on any atom is 0.231 e. The summed E-state index contributed by atoms with van der Waals surface area (Å²) in [6, 6.07) is 3.98. The molecule has 0 radical (unpaired) electrons. The van der Waals surface area contributed by atoms with Crippen LogP contribution in [0.1, 0.15) is 23.1 Å². The van der Waals surface area contributed by atoms with E-state index in [9.17, 15) is 4.79 Å². The van der Waals surface area contributed by atoms with Crippen molar-refractivity contribution in [3.05, 3.63) is 21.9 Å². The lowest BCUT2D eigenvalue weighted by Crippen LogP contribution is -2.38. The van der Waals surface area contributed by atoms with Crippen LogP contribution in [0.5, 0.6) is 0 Å². The minimum atomic E-state index is -0.568. The number of carbonyl (C=O) groups is 1. The van der Waals surface area contributed by atoms with Crippen LogP contribution in [0, 0.1) is 12.8 Å². The Kier molecular flexibility index (Phi) is 4.96. The lowest BCUT2D eigenvalue weighted by molar-refractivity contribution is -0.123. The molecule has 1 amide bonds. The van der Waals surface area contributed by atoms with Gasteiger partial charge in [-0.05, 0) is 25.5 Å². The Morgan fingerprint density at radius 3 is 2.82 bits per heavy atom. The third kappa shape index (κ3) is 3.74. The molecule has 0 spiro atoms. The Hall–Kier alpha value is -1.56. The van der Waals surface area contributed by atoms with Crippen LogP contribution in [-0.4, -0.2) is 17.0 Å². The highest BCUT2D eigenvalue weighted by molar-refractivity contribution is 7.11. The molecule has 0 aromatic carbocycles. The maximum absolute atomic E-state index is 11.8. The van der Waals surface area contributed by atoms with Gasteiger partial charge in [0, 0.05) is 9.75 Å². The van der Waals surface area contributed by atoms with Gasteiger partial charge in [-0.3, -0.25) is 4.79 Å². The number of thiophene rings is 1. The summed E-state index contributed by atoms with van der Waals surface area (Å²) in [6.07, 6.45) is 0.505. The largest absolute Gasteiger partial charge is 0.409 e. The quantitative estimate of drug-likeness (QED) is 0.322. The number of nitrogens with one attached hydrogen (secondary N) is 1. The molecule has 0 aliphatic carbocycles. The number of rotatable bonds is 5. The van der Waals surface area contributed by atoms with Gasteiger partial charge in [0.15, 0.2) is 5.84 Å². The summed E-state index contributed by atoms with van der Waals surface area (Å²) >= 11 is 1.64. The zero-order chi connectivity index (χ0) is 12.8. The molecule has 4 N–H and O–H groups in total. The zero-order valence-electron chi connectivity index (χ0n) is 9.93. The van der Waals surface area contributed by atoms with Crippen LogP contribution >= 0.6 is 11.3 Å². The molecule has 0 aliphatic rings. The van der Waals surface area contributed by atoms with E-state index in [1.165, 1.54) is 4.88 Å². The molecule has 0 saturated carbocycles. The number of amidine groups is 1. The van der Waals surface area contributed by atoms with E-state index in [-0.39, 0.29) is 11.7 Å². The van der Waals surface area contributed by atoms with Gasteiger partial charge in [0.2, 0.25) is 5.91 Å². The molecule has 94 valence electrons. The van der Waals surface area contributed by atoms with Gasteiger partial charge in [0.1, 0.15) is 0 Å². The van der Waals surface area contributed by atoms with Crippen molar-refractivity contribution in [1.82, 2.24) is 5.32 Å². The number of hydrogen-bond donors (Lipinski definition) is 3. The van der Waals surface area contributed by atoms with Gasteiger partial charge in [0.05, 0.1) is 12.5 Å². The molecule has 6 heteroatoms. The van der Waals surface area contributed by atoms with E-state index in [4.69, 9.17) is 10.9 Å². The van der Waals surface area contributed by atoms with E-state index < -0.39 is 5.92 Å². The van der Waals surface area contributed by atoms with Gasteiger partial charge in [0.25, 0.3) is 0 Å². The first kappa shape index (κ1) is 13.5. The van der Waals surface area contributed by atoms with Crippen molar-refractivity contribution in [2.75, 3.05) is 0 Å². The van der Waals surface area contributed by atoms with Crippen LogP contribution in [0.2, 0.25) is 0 Å². The van der Waals surface area contributed by atoms with Crippen LogP contribution in [0.4, 0.5) is 0 Å². The van der Waals surface area contributed by atoms with Crippen molar-refractivity contribution in [2.45, 2.75) is 26.8 Å². The summed E-state index contributed by atoms with van der Waals surface area (Å²) < 4.78 is 0. The smallest absolute Gasteiger partial charge is 0.231 e. The topological polar surface area (TPSA) is 87.7 Å². The summed E-state index contributed by atoms with van der Waals surface area (Å²) in [7, 11) is 0. The number of nitrogens with zero attached hydrogens (tertiary/aromatic N) is 1. The number of amides is 1. The van der Waals surface area contributed by atoms with Gasteiger partial charge in [-0.25, -0.2) is 0 Å². The maximum atomic E-state index is 11.8. The zero-order valence-corrected chi connectivity index (χ0v) is 10.8. The second-order valence-electron chi connectivity index (χ2n) is 3.72. The highest BCUT2D eigenvalue weighted by Crippen LogP contribution is 2.14. The van der Waals surface area contributed by atoms with E-state index in [2.05, 4.69) is 10.5 Å². The number of aryl methyl sites for hydroxylation is 1. The Labute approximate surface area is 104 Å². The third-order valence-electron chi connectivity index (χ3n) is 2.43. The van der Waals surface area contributed by atoms with Crippen LogP contribution in [0.25, 0.3) is 0 Å². The van der Waals surface area contributed by atoms with Gasteiger partial charge < -0.3 is 16.3 Å². The standard InChI is InChI=1S/C11H17N3O2S/c1-3-9(10(12)14-16)11(15)13-6-8-5-4-7(2)17-8/h4-5,9,16H,3,6H2,1-2H3,(H2,12,14)(H,13,15). The van der Waals surface area contributed by atoms with Gasteiger partial charge in [-0.1, -0.05) is 12.1 Å². The molecule has 1 rings (SSSR count). The second kappa shape index (κ2) is 6.24. The fraction of sp³-hybridized carbons (Fsp3) is 0.455. The minimum Gasteiger partial charge on any atom is -0.409 e. The second-order valence-corrected chi connectivity index (χ2v) is 5.09. The molecule has 0 fully saturated rings. The molecule has 1 atom stereocenters. The molecule has 0 bridgehead atoms. The first-order chi connectivity index (χ1) is 8.08. The average Bonchev–Trinajstić information content (AvgIpc) is 2.73. The molecule has 1 aromatic heterocycles. The molecule has 0 aliphatic heterocycles. The molecular weight excluding hydrogens is 238 g/mol. The normalized spacial score (nSPS) is 13.4. The lowest BCUT2D eigenvalue weighted by atomic mass is 10.1. The summed E-state index contributed by atoms with van der Waals surface area (Å²) in [5.41, 5.74) is 5.44. The van der Waals surface area contributed by atoms with Crippen molar-refractivity contribution >= 4 is 23.1 Å². The Morgan fingerprint density at radius 2 is 2.35 bits per heavy atom. The molecule has 5 nitrogen and oxygen atoms in total. The number of hydrogen-bond acceptors (Lipinski definition) is 4. The Balaban J connectivity index is 2.54. The molecule has 0 saturated heterocycles. The Bertz CT molecular complexity index is 415. The number of nitrogens with two attached hydrogens (primary N) is 1. The Morgan fingerprint density at radius 1 is 1.65 bits per heavy atom. The molecule has 1 unspecified atom stereocenters. The van der Waals surface area contributed by atoms with Crippen molar-refractivity contribution in [1.29, 1.82) is 0 Å². The van der Waals surface area contributed by atoms with Crippen LogP contribution in [0.15, 0.2) is 17.3 Å². The van der Waals surface area contributed by atoms with E-state index in [0.29, 0.717) is 13.0 Å². The van der Waals surface area contributed by atoms with Gasteiger partial charge in [-0.2, -0.15) is 0 Å². The fourth-order valence-corrected chi connectivity index (χ4v) is 2.31. The van der Waals surface area contributed by atoms with Crippen molar-refractivity contribution < 1.29 is 10.0 Å². The molecule has 17 heavy (non-hydrogen) atoms. The summed E-state index contributed by atoms with van der Waals surface area (Å²) in [4.78, 5) is 14.1. The first-order valence-corrected chi connectivity index (χ1v) is 6.20. The lowest BCUT2D eigenvalue weighted by Gasteiger charge is -2.12. The van der Waals surface area contributed by atoms with Gasteiger partial charge >= 0.3 is 0 Å². The third-order valence-corrected chi connectivity index (χ3v) is 3.43. The number of carbonyl (C=O) groups excluding carboxylic acids is 1. The fourth-order valence-electron chi connectivity index (χ4n) is 1.48. The minimum absolute atomic E-state index is 0.0487. The monoisotopic (exact) mass is 255 g/mol. The van der Waals surface area contributed by atoms with E-state index in [0.717, 1.165) is 4.88 Å².